The van der Waals surface area contributed by atoms with Crippen LogP contribution in [0.5, 0.6) is 0 Å². The van der Waals surface area contributed by atoms with Crippen LogP contribution in [-0.2, 0) is 19.6 Å². The van der Waals surface area contributed by atoms with Crippen molar-refractivity contribution in [3.8, 4) is 0 Å². The van der Waals surface area contributed by atoms with Gasteiger partial charge in [0.1, 0.15) is 0 Å². The first-order valence-corrected chi connectivity index (χ1v) is 8.70. The van der Waals surface area contributed by atoms with Gasteiger partial charge in [-0.25, -0.2) is 4.74 Å². The fraction of sp³-hybridized carbons (Fsp3) is 1.00. The number of rotatable bonds is 10. The standard InChI is InChI=1S/C10HF21O5S/c11-1(12,5(18,19)20)4(17,2(13,14)6(21,22)23)35-7(24,25)3(15,16)8(26,27)36-9(28,29)10(30,31)37(32,33)34/h(H,32,33,34). The van der Waals surface area contributed by atoms with Crippen molar-refractivity contribution in [3.63, 3.8) is 0 Å². The quantitative estimate of drug-likeness (QED) is 0.237. The fourth-order valence-electron chi connectivity index (χ4n) is 1.53. The van der Waals surface area contributed by atoms with Crippen molar-refractivity contribution in [1.29, 1.82) is 0 Å². The average molecular weight is 632 g/mol. The molecule has 27 heteroatoms. The van der Waals surface area contributed by atoms with Crippen molar-refractivity contribution in [2.45, 2.75) is 59.6 Å². The first-order valence-electron chi connectivity index (χ1n) is 7.26. The maximum absolute atomic E-state index is 13.8. The second-order valence-electron chi connectivity index (χ2n) is 6.06. The van der Waals surface area contributed by atoms with Gasteiger partial charge in [0, 0.05) is 0 Å². The summed E-state index contributed by atoms with van der Waals surface area (Å²) in [5.41, 5.74) is 0. The molecule has 1 N–H and O–H groups in total. The van der Waals surface area contributed by atoms with Crippen LogP contribution >= 0.6 is 0 Å². The van der Waals surface area contributed by atoms with E-state index in [1.807, 2.05) is 0 Å². The van der Waals surface area contributed by atoms with E-state index in [-0.39, 0.29) is 0 Å². The minimum Gasteiger partial charge on any atom is -0.281 e. The molecule has 0 aromatic heterocycles. The molecule has 5 nitrogen and oxygen atoms in total. The highest BCUT2D eigenvalue weighted by molar-refractivity contribution is 7.86. The highest BCUT2D eigenvalue weighted by atomic mass is 32.2. The molecule has 0 aliphatic heterocycles. The van der Waals surface area contributed by atoms with E-state index in [0.717, 1.165) is 9.47 Å². The van der Waals surface area contributed by atoms with Crippen molar-refractivity contribution >= 4 is 10.1 Å². The molecule has 0 atom stereocenters. The molecule has 0 bridgehead atoms. The molecule has 0 unspecified atom stereocenters. The third-order valence-electron chi connectivity index (χ3n) is 3.44. The molecule has 0 amide bonds. The van der Waals surface area contributed by atoms with Gasteiger partial charge in [-0.2, -0.15) is 101 Å². The van der Waals surface area contributed by atoms with Crippen LogP contribution < -0.4 is 0 Å². The zero-order chi connectivity index (χ0) is 30.9. The molecule has 0 aromatic carbocycles. The molecule has 0 saturated carbocycles. The van der Waals surface area contributed by atoms with Gasteiger partial charge in [0.15, 0.2) is 0 Å². The van der Waals surface area contributed by atoms with Crippen LogP contribution in [0.3, 0.4) is 0 Å². The minimum absolute atomic E-state index is 0.877. The summed E-state index contributed by atoms with van der Waals surface area (Å²) in [7, 11) is -7.73. The number of hydrogen-bond acceptors (Lipinski definition) is 4. The summed E-state index contributed by atoms with van der Waals surface area (Å²) >= 11 is 0. The Morgan fingerprint density at radius 3 is 0.946 bits per heavy atom. The Balaban J connectivity index is 7.02. The summed E-state index contributed by atoms with van der Waals surface area (Å²) < 4.78 is 300. The van der Waals surface area contributed by atoms with Crippen LogP contribution in [0.25, 0.3) is 0 Å². The fourth-order valence-corrected chi connectivity index (χ4v) is 1.88. The first kappa shape index (κ1) is 35.4. The molecule has 0 fully saturated rings. The highest BCUT2D eigenvalue weighted by Gasteiger charge is 2.92. The molecule has 224 valence electrons. The Kier molecular flexibility index (Phi) is 8.30. The molecule has 0 aliphatic rings. The van der Waals surface area contributed by atoms with E-state index in [0.29, 0.717) is 0 Å². The van der Waals surface area contributed by atoms with Crippen LogP contribution in [0.1, 0.15) is 0 Å². The summed E-state index contributed by atoms with van der Waals surface area (Å²) in [6.45, 7) is 0. The average Bonchev–Trinajstić information content (AvgIpc) is 2.56. The predicted octanol–water partition coefficient (Wildman–Crippen LogP) is 5.97. The molecule has 0 rings (SSSR count). The second kappa shape index (κ2) is 8.68. The number of halogens is 21. The lowest BCUT2D eigenvalue weighted by Gasteiger charge is -2.42. The van der Waals surface area contributed by atoms with Crippen LogP contribution in [0.4, 0.5) is 92.2 Å². The van der Waals surface area contributed by atoms with E-state index in [1.54, 1.807) is 0 Å². The van der Waals surface area contributed by atoms with Gasteiger partial charge in [-0.15, -0.1) is 0 Å². The van der Waals surface area contributed by atoms with Gasteiger partial charge in [-0.1, -0.05) is 0 Å². The largest absolute Gasteiger partial charge is 0.460 e. The van der Waals surface area contributed by atoms with E-state index < -0.39 is 69.7 Å². The lowest BCUT2D eigenvalue weighted by molar-refractivity contribution is -0.549. The number of hydrogen-bond donors (Lipinski definition) is 1. The lowest BCUT2D eigenvalue weighted by Crippen LogP contribution is -2.73. The van der Waals surface area contributed by atoms with Crippen molar-refractivity contribution in [2.24, 2.45) is 0 Å². The molecule has 0 aromatic rings. The van der Waals surface area contributed by atoms with Crippen LogP contribution in [0, 0.1) is 0 Å². The van der Waals surface area contributed by atoms with E-state index in [1.165, 1.54) is 0 Å². The first-order chi connectivity index (χ1) is 15.4. The Bertz CT molecular complexity index is 920. The van der Waals surface area contributed by atoms with Gasteiger partial charge < -0.3 is 0 Å². The monoisotopic (exact) mass is 632 g/mol. The molecule has 0 aliphatic carbocycles. The lowest BCUT2D eigenvalue weighted by atomic mass is 10.0. The Morgan fingerprint density at radius 1 is 0.432 bits per heavy atom. The van der Waals surface area contributed by atoms with Crippen molar-refractivity contribution < 1.29 is 115 Å². The summed E-state index contributed by atoms with van der Waals surface area (Å²) in [4.78, 5) is 0. The zero-order valence-electron chi connectivity index (χ0n) is 15.4. The maximum Gasteiger partial charge on any atom is 0.460 e. The molecule has 0 spiro atoms. The molecule has 0 heterocycles. The Labute approximate surface area is 185 Å². The molecule has 0 saturated heterocycles. The van der Waals surface area contributed by atoms with E-state index >= 15 is 0 Å². The van der Waals surface area contributed by atoms with Gasteiger partial charge in [-0.05, 0) is 0 Å². The topological polar surface area (TPSA) is 72.8 Å². The Hall–Kier alpha value is -1.64. The third-order valence-corrected chi connectivity index (χ3v) is 4.32. The van der Waals surface area contributed by atoms with E-state index in [4.69, 9.17) is 4.55 Å². The summed E-state index contributed by atoms with van der Waals surface area (Å²) in [5.74, 6) is -35.0. The molecular weight excluding hydrogens is 631 g/mol. The molecular formula is C10HF21O5S. The molecule has 37 heavy (non-hydrogen) atoms. The van der Waals surface area contributed by atoms with Gasteiger partial charge >= 0.3 is 69.7 Å². The van der Waals surface area contributed by atoms with Crippen molar-refractivity contribution in [2.75, 3.05) is 0 Å². The number of alkyl halides is 21. The van der Waals surface area contributed by atoms with Gasteiger partial charge in [0.2, 0.25) is 0 Å². The third kappa shape index (κ3) is 5.30. The van der Waals surface area contributed by atoms with Gasteiger partial charge in [0.25, 0.3) is 0 Å². The van der Waals surface area contributed by atoms with E-state index in [9.17, 15) is 101 Å². The summed E-state index contributed by atoms with van der Waals surface area (Å²) in [5, 5.41) is -7.52. The minimum atomic E-state index is -8.89. The van der Waals surface area contributed by atoms with Gasteiger partial charge in [-0.3, -0.25) is 9.29 Å². The SMILES string of the molecule is O=S(=O)(O)C(F)(F)C(F)(F)OC(F)(F)C(F)(F)C(F)(F)OC(F)(C(F)(F)C(F)(F)F)C(F)(F)C(F)(F)F. The predicted molar refractivity (Wildman–Crippen MR) is 64.3 cm³/mol. The van der Waals surface area contributed by atoms with Crippen molar-refractivity contribution in [1.82, 2.24) is 0 Å². The van der Waals surface area contributed by atoms with Gasteiger partial charge in [0.05, 0.1) is 0 Å². The Morgan fingerprint density at radius 2 is 0.703 bits per heavy atom. The summed E-state index contributed by atoms with van der Waals surface area (Å²) in [6.07, 6.45) is -41.4. The van der Waals surface area contributed by atoms with E-state index in [2.05, 4.69) is 0 Å². The van der Waals surface area contributed by atoms with Crippen molar-refractivity contribution in [3.05, 3.63) is 0 Å². The van der Waals surface area contributed by atoms with Crippen LogP contribution in [-0.4, -0.2) is 72.5 Å². The second-order valence-corrected chi connectivity index (χ2v) is 7.52. The van der Waals surface area contributed by atoms with Crippen LogP contribution in [0.15, 0.2) is 0 Å². The zero-order valence-corrected chi connectivity index (χ0v) is 16.2. The summed E-state index contributed by atoms with van der Waals surface area (Å²) in [6, 6.07) is 0. The smallest absolute Gasteiger partial charge is 0.281 e. The normalized spacial score (nSPS) is 16.8. The van der Waals surface area contributed by atoms with Crippen LogP contribution in [0.2, 0.25) is 0 Å². The number of ether oxygens (including phenoxy) is 2. The highest BCUT2D eigenvalue weighted by Crippen LogP contribution is 2.61. The molecule has 0 radical (unpaired) electrons. The maximum atomic E-state index is 13.8.